The number of carbonyl (C=O) groups excluding carboxylic acids is 2. The predicted molar refractivity (Wildman–Crippen MR) is 138 cm³/mol. The van der Waals surface area contributed by atoms with E-state index in [9.17, 15) is 14.9 Å². The highest BCUT2D eigenvalue weighted by molar-refractivity contribution is 8.03. The molecule has 0 saturated heterocycles. The number of benzene rings is 2. The molecule has 1 aliphatic rings. The van der Waals surface area contributed by atoms with E-state index in [2.05, 4.69) is 16.7 Å². The average molecular weight is 492 g/mol. The van der Waals surface area contributed by atoms with Crippen molar-refractivity contribution in [3.05, 3.63) is 81.5 Å². The molecule has 0 aromatic heterocycles. The molecule has 0 spiro atoms. The summed E-state index contributed by atoms with van der Waals surface area (Å²) in [5, 5.41) is 16.8. The van der Waals surface area contributed by atoms with E-state index < -0.39 is 11.9 Å². The van der Waals surface area contributed by atoms with Gasteiger partial charge in [0.25, 0.3) is 0 Å². The van der Waals surface area contributed by atoms with E-state index >= 15 is 0 Å². The van der Waals surface area contributed by atoms with Crippen LogP contribution >= 0.6 is 11.8 Å². The first kappa shape index (κ1) is 25.9. The molecule has 2 aromatic rings. The van der Waals surface area contributed by atoms with Crippen LogP contribution in [-0.2, 0) is 20.7 Å². The average Bonchev–Trinajstić information content (AvgIpc) is 2.87. The van der Waals surface area contributed by atoms with E-state index in [1.807, 2.05) is 62.4 Å². The van der Waals surface area contributed by atoms with Gasteiger partial charge in [-0.15, -0.1) is 0 Å². The molecule has 0 radical (unpaired) electrons. The molecule has 2 N–H and O–H groups in total. The fourth-order valence-electron chi connectivity index (χ4n) is 4.00. The fourth-order valence-corrected chi connectivity index (χ4v) is 4.89. The van der Waals surface area contributed by atoms with Crippen molar-refractivity contribution in [2.24, 2.45) is 0 Å². The monoisotopic (exact) mass is 491 g/mol. The van der Waals surface area contributed by atoms with E-state index in [1.165, 1.54) is 18.9 Å². The number of carbonyl (C=O) groups is 2. The number of rotatable bonds is 9. The van der Waals surface area contributed by atoms with Crippen molar-refractivity contribution in [3.63, 3.8) is 0 Å². The zero-order chi connectivity index (χ0) is 25.4. The van der Waals surface area contributed by atoms with Crippen LogP contribution in [0, 0.1) is 11.3 Å². The fraction of sp³-hybridized carbons (Fsp3) is 0.296. The number of methoxy groups -OCH3 is 1. The van der Waals surface area contributed by atoms with Crippen molar-refractivity contribution in [2.45, 2.75) is 33.1 Å². The molecule has 1 aliphatic heterocycles. The highest BCUT2D eigenvalue weighted by Crippen LogP contribution is 2.44. The van der Waals surface area contributed by atoms with Gasteiger partial charge in [-0.1, -0.05) is 55.1 Å². The third-order valence-corrected chi connectivity index (χ3v) is 6.62. The predicted octanol–water partition coefficient (Wildman–Crippen LogP) is 4.89. The number of thioether (sulfide) groups is 1. The quantitative estimate of drug-likeness (QED) is 0.482. The summed E-state index contributed by atoms with van der Waals surface area (Å²) in [6, 6.07) is 17.3. The van der Waals surface area contributed by atoms with Gasteiger partial charge in [-0.2, -0.15) is 5.26 Å². The van der Waals surface area contributed by atoms with Crippen LogP contribution in [0.3, 0.4) is 0 Å². The van der Waals surface area contributed by atoms with Gasteiger partial charge in [0.1, 0.15) is 5.75 Å². The number of ether oxygens (including phenoxy) is 2. The SMILES string of the molecule is CCOc1ccccc1C1C(C#N)=C(SCC(=O)Nc2ccccc2CC)NC(C)=C1C(=O)OC. The largest absolute Gasteiger partial charge is 0.494 e. The summed E-state index contributed by atoms with van der Waals surface area (Å²) in [5.74, 6) is -0.734. The summed E-state index contributed by atoms with van der Waals surface area (Å²) < 4.78 is 10.8. The van der Waals surface area contributed by atoms with Gasteiger partial charge in [0.15, 0.2) is 0 Å². The minimum Gasteiger partial charge on any atom is -0.494 e. The van der Waals surface area contributed by atoms with E-state index in [0.29, 0.717) is 39.8 Å². The number of aryl methyl sites for hydroxylation is 1. The molecule has 1 amide bonds. The Kier molecular flexibility index (Phi) is 8.98. The third kappa shape index (κ3) is 5.87. The lowest BCUT2D eigenvalue weighted by Gasteiger charge is -2.30. The molecule has 7 nitrogen and oxygen atoms in total. The molecule has 35 heavy (non-hydrogen) atoms. The van der Waals surface area contributed by atoms with Gasteiger partial charge in [0.2, 0.25) is 5.91 Å². The number of amides is 1. The van der Waals surface area contributed by atoms with Crippen molar-refractivity contribution in [1.29, 1.82) is 5.26 Å². The Morgan fingerprint density at radius 1 is 1.14 bits per heavy atom. The minimum atomic E-state index is -0.692. The van der Waals surface area contributed by atoms with Crippen LogP contribution in [0.1, 0.15) is 37.8 Å². The first-order valence-electron chi connectivity index (χ1n) is 11.4. The summed E-state index contributed by atoms with van der Waals surface area (Å²) >= 11 is 1.22. The molecule has 8 heteroatoms. The van der Waals surface area contributed by atoms with Gasteiger partial charge < -0.3 is 20.1 Å². The molecule has 0 saturated carbocycles. The number of nitrogens with one attached hydrogen (secondary N) is 2. The highest BCUT2D eigenvalue weighted by Gasteiger charge is 2.37. The summed E-state index contributed by atoms with van der Waals surface area (Å²) in [7, 11) is 1.31. The lowest BCUT2D eigenvalue weighted by atomic mass is 9.82. The van der Waals surface area contributed by atoms with Gasteiger partial charge in [0, 0.05) is 16.9 Å². The van der Waals surface area contributed by atoms with E-state index in [4.69, 9.17) is 9.47 Å². The maximum absolute atomic E-state index is 12.8. The van der Waals surface area contributed by atoms with Crippen LogP contribution < -0.4 is 15.4 Å². The second kappa shape index (κ2) is 12.1. The number of para-hydroxylation sites is 2. The molecule has 0 bridgehead atoms. The molecular formula is C27H29N3O4S. The molecule has 2 aromatic carbocycles. The van der Waals surface area contributed by atoms with E-state index in [1.54, 1.807) is 6.92 Å². The van der Waals surface area contributed by atoms with Crippen molar-refractivity contribution < 1.29 is 19.1 Å². The lowest BCUT2D eigenvalue weighted by Crippen LogP contribution is -2.29. The zero-order valence-corrected chi connectivity index (χ0v) is 21.1. The Morgan fingerprint density at radius 3 is 2.54 bits per heavy atom. The molecular weight excluding hydrogens is 462 g/mol. The summed E-state index contributed by atoms with van der Waals surface area (Å²) in [5.41, 5.74) is 3.74. The standard InChI is InChI=1S/C27H29N3O4S/c1-5-18-11-7-9-13-21(18)30-23(31)16-35-26-20(15-28)25(24(17(3)29-26)27(32)33-4)19-12-8-10-14-22(19)34-6-2/h7-14,25,29H,5-6,16H2,1-4H3,(H,30,31). The number of dihydropyridines is 1. The van der Waals surface area contributed by atoms with Crippen LogP contribution in [0.2, 0.25) is 0 Å². The number of anilines is 1. The summed E-state index contributed by atoms with van der Waals surface area (Å²) in [4.78, 5) is 25.5. The smallest absolute Gasteiger partial charge is 0.336 e. The van der Waals surface area contributed by atoms with Gasteiger partial charge >= 0.3 is 5.97 Å². The topological polar surface area (TPSA) is 100 Å². The van der Waals surface area contributed by atoms with Crippen LogP contribution in [0.15, 0.2) is 70.4 Å². The Hall–Kier alpha value is -3.70. The number of hydrogen-bond donors (Lipinski definition) is 2. The van der Waals surface area contributed by atoms with Crippen LogP contribution in [0.4, 0.5) is 5.69 Å². The van der Waals surface area contributed by atoms with Crippen LogP contribution in [0.5, 0.6) is 5.75 Å². The van der Waals surface area contributed by atoms with Crippen molar-refractivity contribution in [2.75, 3.05) is 24.8 Å². The normalized spacial score (nSPS) is 15.2. The Bertz CT molecular complexity index is 1210. The Labute approximate surface area is 210 Å². The van der Waals surface area contributed by atoms with Gasteiger partial charge in [0.05, 0.1) is 47.6 Å². The molecule has 1 atom stereocenters. The molecule has 1 heterocycles. The number of esters is 1. The second-order valence-electron chi connectivity index (χ2n) is 7.76. The van der Waals surface area contributed by atoms with Gasteiger partial charge in [-0.3, -0.25) is 4.79 Å². The maximum atomic E-state index is 12.8. The maximum Gasteiger partial charge on any atom is 0.336 e. The van der Waals surface area contributed by atoms with Gasteiger partial charge in [-0.25, -0.2) is 4.79 Å². The molecule has 0 aliphatic carbocycles. The molecule has 0 fully saturated rings. The minimum absolute atomic E-state index is 0.0895. The van der Waals surface area contributed by atoms with E-state index in [0.717, 1.165) is 17.7 Å². The summed E-state index contributed by atoms with van der Waals surface area (Å²) in [6.45, 7) is 6.10. The van der Waals surface area contributed by atoms with Crippen LogP contribution in [-0.4, -0.2) is 31.3 Å². The molecule has 1 unspecified atom stereocenters. The lowest BCUT2D eigenvalue weighted by molar-refractivity contribution is -0.136. The van der Waals surface area contributed by atoms with Gasteiger partial charge in [-0.05, 0) is 38.0 Å². The number of allylic oxidation sites excluding steroid dienone is 2. The Morgan fingerprint density at radius 2 is 1.86 bits per heavy atom. The third-order valence-electron chi connectivity index (χ3n) is 5.60. The molecule has 3 rings (SSSR count). The van der Waals surface area contributed by atoms with Crippen LogP contribution in [0.25, 0.3) is 0 Å². The summed E-state index contributed by atoms with van der Waals surface area (Å²) in [6.07, 6.45) is 0.802. The number of hydrogen-bond acceptors (Lipinski definition) is 7. The van der Waals surface area contributed by atoms with E-state index in [-0.39, 0.29) is 11.7 Å². The first-order chi connectivity index (χ1) is 16.9. The van der Waals surface area contributed by atoms with Crippen molar-refractivity contribution in [1.82, 2.24) is 5.32 Å². The number of nitriles is 1. The Balaban J connectivity index is 1.95. The number of nitrogens with zero attached hydrogens (tertiary/aromatic N) is 1. The highest BCUT2D eigenvalue weighted by atomic mass is 32.2. The zero-order valence-electron chi connectivity index (χ0n) is 20.3. The van der Waals surface area contributed by atoms with Crippen molar-refractivity contribution >= 4 is 29.3 Å². The first-order valence-corrected chi connectivity index (χ1v) is 12.4. The second-order valence-corrected chi connectivity index (χ2v) is 8.75. The van der Waals surface area contributed by atoms with Crippen molar-refractivity contribution in [3.8, 4) is 11.8 Å². The molecule has 182 valence electrons.